The Labute approximate surface area is 209 Å². The standard InChI is InChI=1S/C22H27F3N8O2S/c1-21(2,3)35-20(34)32-7-5-30-4-6-31(11-14(30)12-32)19-29-33-16(10-28-18(33)36-19)13-8-15(22(23,24)25)17(26)27-9-13/h8-10,14H,4-7,11-12H2,1-3H3,(H2,26,27). The van der Waals surface area contributed by atoms with Crippen molar-refractivity contribution in [2.45, 2.75) is 38.6 Å². The number of hydrogen-bond donors (Lipinski definition) is 1. The molecule has 36 heavy (non-hydrogen) atoms. The first-order valence-corrected chi connectivity index (χ1v) is 12.4. The van der Waals surface area contributed by atoms with Gasteiger partial charge in [-0.05, 0) is 26.8 Å². The highest BCUT2D eigenvalue weighted by Crippen LogP contribution is 2.36. The second-order valence-corrected chi connectivity index (χ2v) is 10.9. The summed E-state index contributed by atoms with van der Waals surface area (Å²) < 4.78 is 47.1. The normalized spacial score (nSPS) is 19.6. The number of anilines is 2. The molecule has 14 heteroatoms. The van der Waals surface area contributed by atoms with Gasteiger partial charge in [0, 0.05) is 57.1 Å². The quantitative estimate of drug-likeness (QED) is 0.545. The number of fused-ring (bicyclic) bond motifs is 2. The van der Waals surface area contributed by atoms with Crippen molar-refractivity contribution in [1.29, 1.82) is 0 Å². The smallest absolute Gasteiger partial charge is 0.419 e. The monoisotopic (exact) mass is 524 g/mol. The molecule has 5 rings (SSSR count). The Morgan fingerprint density at radius 1 is 1.11 bits per heavy atom. The van der Waals surface area contributed by atoms with Crippen LogP contribution in [-0.4, -0.2) is 86.4 Å². The molecule has 0 aliphatic carbocycles. The lowest BCUT2D eigenvalue weighted by Crippen LogP contribution is -2.63. The first-order valence-electron chi connectivity index (χ1n) is 11.5. The Bertz CT molecular complexity index is 1280. The van der Waals surface area contributed by atoms with E-state index in [1.165, 1.54) is 28.2 Å². The van der Waals surface area contributed by atoms with Gasteiger partial charge in [-0.2, -0.15) is 13.2 Å². The molecule has 10 nitrogen and oxygen atoms in total. The molecule has 0 aromatic carbocycles. The summed E-state index contributed by atoms with van der Waals surface area (Å²) in [6.07, 6.45) is -2.16. The van der Waals surface area contributed by atoms with Crippen LogP contribution in [0.1, 0.15) is 26.3 Å². The van der Waals surface area contributed by atoms with Gasteiger partial charge >= 0.3 is 12.3 Å². The third-order valence-electron chi connectivity index (χ3n) is 6.21. The maximum atomic E-state index is 13.3. The van der Waals surface area contributed by atoms with Gasteiger partial charge in [0.05, 0.1) is 17.5 Å². The second-order valence-electron chi connectivity index (χ2n) is 9.94. The van der Waals surface area contributed by atoms with E-state index in [4.69, 9.17) is 10.5 Å². The average molecular weight is 525 g/mol. The molecule has 2 aliphatic heterocycles. The minimum absolute atomic E-state index is 0.117. The molecule has 194 valence electrons. The number of imidazole rings is 1. The molecule has 5 heterocycles. The van der Waals surface area contributed by atoms with Crippen LogP contribution in [0.4, 0.5) is 28.9 Å². The van der Waals surface area contributed by atoms with Gasteiger partial charge in [-0.25, -0.2) is 19.3 Å². The van der Waals surface area contributed by atoms with Gasteiger partial charge in [-0.1, -0.05) is 11.3 Å². The first-order chi connectivity index (χ1) is 16.9. The number of amides is 1. The Morgan fingerprint density at radius 3 is 2.58 bits per heavy atom. The van der Waals surface area contributed by atoms with Crippen LogP contribution in [0.25, 0.3) is 16.2 Å². The number of halogens is 3. The van der Waals surface area contributed by atoms with Crippen molar-refractivity contribution in [3.8, 4) is 11.3 Å². The van der Waals surface area contributed by atoms with Gasteiger partial charge in [0.25, 0.3) is 0 Å². The lowest BCUT2D eigenvalue weighted by atomic mass is 10.1. The third kappa shape index (κ3) is 4.78. The number of nitrogens with two attached hydrogens (primary N) is 1. The Morgan fingerprint density at radius 2 is 1.86 bits per heavy atom. The molecule has 0 spiro atoms. The molecular weight excluding hydrogens is 497 g/mol. The minimum Gasteiger partial charge on any atom is -0.444 e. The minimum atomic E-state index is -4.61. The molecule has 2 fully saturated rings. The van der Waals surface area contributed by atoms with Crippen LogP contribution >= 0.6 is 11.3 Å². The van der Waals surface area contributed by atoms with E-state index < -0.39 is 23.2 Å². The predicted octanol–water partition coefficient (Wildman–Crippen LogP) is 3.20. The van der Waals surface area contributed by atoms with Crippen molar-refractivity contribution < 1.29 is 22.7 Å². The third-order valence-corrected chi connectivity index (χ3v) is 7.19. The number of nitrogens with zero attached hydrogens (tertiary/aromatic N) is 7. The molecule has 0 bridgehead atoms. The number of hydrogen-bond acceptors (Lipinski definition) is 9. The van der Waals surface area contributed by atoms with Gasteiger partial charge < -0.3 is 20.3 Å². The summed E-state index contributed by atoms with van der Waals surface area (Å²) in [6.45, 7) is 9.71. The van der Waals surface area contributed by atoms with Crippen molar-refractivity contribution in [2.24, 2.45) is 0 Å². The lowest BCUT2D eigenvalue weighted by Gasteiger charge is -2.47. The van der Waals surface area contributed by atoms with Crippen LogP contribution in [0.5, 0.6) is 0 Å². The first kappa shape index (κ1) is 24.6. The van der Waals surface area contributed by atoms with Gasteiger partial charge in [-0.3, -0.25) is 4.90 Å². The van der Waals surface area contributed by atoms with Gasteiger partial charge in [0.1, 0.15) is 11.4 Å². The van der Waals surface area contributed by atoms with E-state index in [0.29, 0.717) is 35.4 Å². The number of aromatic nitrogens is 4. The summed E-state index contributed by atoms with van der Waals surface area (Å²) >= 11 is 1.36. The van der Waals surface area contributed by atoms with Gasteiger partial charge in [-0.15, -0.1) is 5.10 Å². The van der Waals surface area contributed by atoms with Crippen LogP contribution in [0, 0.1) is 0 Å². The van der Waals surface area contributed by atoms with Crippen molar-refractivity contribution >= 4 is 33.3 Å². The molecule has 2 N–H and O–H groups in total. The van der Waals surface area contributed by atoms with E-state index in [2.05, 4.69) is 24.9 Å². The summed E-state index contributed by atoms with van der Waals surface area (Å²) in [4.78, 5) is 27.4. The van der Waals surface area contributed by atoms with E-state index in [1.54, 1.807) is 4.90 Å². The zero-order valence-electron chi connectivity index (χ0n) is 20.1. The van der Waals surface area contributed by atoms with Gasteiger partial charge in [0.15, 0.2) is 0 Å². The molecule has 0 radical (unpaired) electrons. The topological polar surface area (TPSA) is 105 Å². The molecule has 1 amide bonds. The SMILES string of the molecule is CC(C)(C)OC(=O)N1CCN2CCN(c3nn4c(-c5cnc(N)c(C(F)(F)F)c5)cnc4s3)CC2C1. The zero-order valence-corrected chi connectivity index (χ0v) is 20.9. The van der Waals surface area contributed by atoms with Gasteiger partial charge in [0.2, 0.25) is 10.1 Å². The summed E-state index contributed by atoms with van der Waals surface area (Å²) in [5.74, 6) is -0.572. The van der Waals surface area contributed by atoms with Crippen LogP contribution < -0.4 is 10.6 Å². The molecule has 2 saturated heterocycles. The van der Waals surface area contributed by atoms with E-state index in [-0.39, 0.29) is 17.7 Å². The number of piperazine rings is 2. The summed E-state index contributed by atoms with van der Waals surface area (Å²) in [5, 5.41) is 5.38. The number of pyridine rings is 1. The highest BCUT2D eigenvalue weighted by molar-refractivity contribution is 7.20. The van der Waals surface area contributed by atoms with Crippen LogP contribution in [-0.2, 0) is 10.9 Å². The van der Waals surface area contributed by atoms with Crippen molar-refractivity contribution in [3.63, 3.8) is 0 Å². The highest BCUT2D eigenvalue weighted by Gasteiger charge is 2.37. The maximum Gasteiger partial charge on any atom is 0.419 e. The number of carbonyl (C=O) groups is 1. The number of alkyl halides is 3. The molecular formula is C22H27F3N8O2S. The summed E-state index contributed by atoms with van der Waals surface area (Å²) in [6, 6.07) is 1.09. The second kappa shape index (κ2) is 8.76. The Balaban J connectivity index is 1.35. The number of rotatable bonds is 2. The Hall–Kier alpha value is -3.13. The maximum absolute atomic E-state index is 13.3. The van der Waals surface area contributed by atoms with Crippen LogP contribution in [0.15, 0.2) is 18.5 Å². The fourth-order valence-electron chi connectivity index (χ4n) is 4.47. The fourth-order valence-corrected chi connectivity index (χ4v) is 5.38. The molecule has 3 aromatic heterocycles. The number of ether oxygens (including phenoxy) is 1. The highest BCUT2D eigenvalue weighted by atomic mass is 32.1. The summed E-state index contributed by atoms with van der Waals surface area (Å²) in [5.41, 5.74) is 4.53. The molecule has 2 aliphatic rings. The number of nitrogen functional groups attached to an aromatic ring is 1. The van der Waals surface area contributed by atoms with Crippen molar-refractivity contribution in [1.82, 2.24) is 29.4 Å². The van der Waals surface area contributed by atoms with E-state index in [0.717, 1.165) is 25.7 Å². The van der Waals surface area contributed by atoms with Crippen molar-refractivity contribution in [2.75, 3.05) is 49.9 Å². The molecule has 0 saturated carbocycles. The van der Waals surface area contributed by atoms with Crippen molar-refractivity contribution in [3.05, 3.63) is 24.0 Å². The average Bonchev–Trinajstić information content (AvgIpc) is 3.38. The predicted molar refractivity (Wildman–Crippen MR) is 129 cm³/mol. The van der Waals surface area contributed by atoms with E-state index in [1.807, 2.05) is 20.8 Å². The fraction of sp³-hybridized carbons (Fsp3) is 0.545. The Kier molecular flexibility index (Phi) is 5.98. The van der Waals surface area contributed by atoms with Crippen LogP contribution in [0.2, 0.25) is 0 Å². The molecule has 1 atom stereocenters. The largest absolute Gasteiger partial charge is 0.444 e. The molecule has 3 aromatic rings. The lowest BCUT2D eigenvalue weighted by molar-refractivity contribution is -0.137. The summed E-state index contributed by atoms with van der Waals surface area (Å²) in [7, 11) is 0. The molecule has 1 unspecified atom stereocenters. The number of carbonyl (C=O) groups excluding carboxylic acids is 1. The van der Waals surface area contributed by atoms with Crippen LogP contribution in [0.3, 0.4) is 0 Å². The van der Waals surface area contributed by atoms with E-state index in [9.17, 15) is 18.0 Å². The zero-order chi connectivity index (χ0) is 25.8. The van der Waals surface area contributed by atoms with E-state index >= 15 is 0 Å².